The Balaban J connectivity index is 2.21. The number of hydrogen-bond acceptors (Lipinski definition) is 4. The lowest BCUT2D eigenvalue weighted by Gasteiger charge is -2.30. The van der Waals surface area contributed by atoms with Crippen molar-refractivity contribution < 1.29 is 9.84 Å². The molecule has 4 nitrogen and oxygen atoms in total. The first-order valence-electron chi connectivity index (χ1n) is 7.72. The van der Waals surface area contributed by atoms with Crippen molar-refractivity contribution in [3.05, 3.63) is 22.9 Å². The van der Waals surface area contributed by atoms with E-state index in [-0.39, 0.29) is 11.5 Å². The number of hydrogen-bond donors (Lipinski definition) is 1. The van der Waals surface area contributed by atoms with Crippen LogP contribution in [0.25, 0.3) is 0 Å². The number of pyridine rings is 1. The standard InChI is InChI=1S/C17H28N2O2/c1-12-8-13(2)18-16(21-5)15(12)10-19-7-6-14(20)9-17(3,4)11-19/h8,14,20H,6-7,9-11H2,1-5H3. The number of aliphatic hydroxyl groups excluding tert-OH is 1. The highest BCUT2D eigenvalue weighted by molar-refractivity contribution is 5.35. The van der Waals surface area contributed by atoms with Crippen LogP contribution >= 0.6 is 0 Å². The molecule has 0 bridgehead atoms. The van der Waals surface area contributed by atoms with E-state index in [1.165, 1.54) is 5.56 Å². The van der Waals surface area contributed by atoms with Gasteiger partial charge in [0.05, 0.1) is 13.2 Å². The second-order valence-corrected chi connectivity index (χ2v) is 7.09. The van der Waals surface area contributed by atoms with Gasteiger partial charge in [0, 0.05) is 30.9 Å². The van der Waals surface area contributed by atoms with Crippen molar-refractivity contribution in [3.63, 3.8) is 0 Å². The van der Waals surface area contributed by atoms with Gasteiger partial charge in [0.2, 0.25) is 5.88 Å². The Kier molecular flexibility index (Phi) is 4.89. The van der Waals surface area contributed by atoms with Gasteiger partial charge in [0.15, 0.2) is 0 Å². The highest BCUT2D eigenvalue weighted by atomic mass is 16.5. The predicted molar refractivity (Wildman–Crippen MR) is 84.6 cm³/mol. The number of likely N-dealkylation sites (tertiary alicyclic amines) is 1. The zero-order valence-corrected chi connectivity index (χ0v) is 13.9. The molecule has 21 heavy (non-hydrogen) atoms. The van der Waals surface area contributed by atoms with Crippen molar-refractivity contribution in [2.24, 2.45) is 5.41 Å². The van der Waals surface area contributed by atoms with Crippen LogP contribution in [0.15, 0.2) is 6.07 Å². The van der Waals surface area contributed by atoms with Crippen LogP contribution in [0.1, 0.15) is 43.5 Å². The third-order valence-electron chi connectivity index (χ3n) is 4.23. The monoisotopic (exact) mass is 292 g/mol. The summed E-state index contributed by atoms with van der Waals surface area (Å²) in [6.07, 6.45) is 1.51. The fourth-order valence-electron chi connectivity index (χ4n) is 3.37. The number of rotatable bonds is 3. The van der Waals surface area contributed by atoms with E-state index in [1.54, 1.807) is 7.11 Å². The largest absolute Gasteiger partial charge is 0.481 e. The van der Waals surface area contributed by atoms with Crippen molar-refractivity contribution in [3.8, 4) is 5.88 Å². The quantitative estimate of drug-likeness (QED) is 0.930. The molecule has 118 valence electrons. The Morgan fingerprint density at radius 1 is 1.43 bits per heavy atom. The van der Waals surface area contributed by atoms with Gasteiger partial charge in [0.1, 0.15) is 0 Å². The van der Waals surface area contributed by atoms with Crippen molar-refractivity contribution in [1.82, 2.24) is 9.88 Å². The normalized spacial score (nSPS) is 22.9. The van der Waals surface area contributed by atoms with Crippen molar-refractivity contribution in [2.45, 2.75) is 53.2 Å². The van der Waals surface area contributed by atoms with Crippen LogP contribution in [0.3, 0.4) is 0 Å². The third kappa shape index (κ3) is 4.17. The van der Waals surface area contributed by atoms with E-state index in [0.29, 0.717) is 0 Å². The average Bonchev–Trinajstić information content (AvgIpc) is 2.49. The van der Waals surface area contributed by atoms with Gasteiger partial charge >= 0.3 is 0 Å². The molecule has 1 saturated heterocycles. The fourth-order valence-corrected chi connectivity index (χ4v) is 3.37. The Morgan fingerprint density at radius 2 is 2.14 bits per heavy atom. The Bertz CT molecular complexity index is 500. The van der Waals surface area contributed by atoms with Crippen molar-refractivity contribution in [2.75, 3.05) is 20.2 Å². The number of ether oxygens (including phenoxy) is 1. The van der Waals surface area contributed by atoms with Crippen LogP contribution in [0, 0.1) is 19.3 Å². The van der Waals surface area contributed by atoms with Gasteiger partial charge in [-0.1, -0.05) is 13.8 Å². The van der Waals surface area contributed by atoms with E-state index in [1.807, 2.05) is 6.92 Å². The summed E-state index contributed by atoms with van der Waals surface area (Å²) in [5, 5.41) is 10.0. The lowest BCUT2D eigenvalue weighted by molar-refractivity contribution is 0.121. The molecule has 2 rings (SSSR count). The minimum absolute atomic E-state index is 0.134. The summed E-state index contributed by atoms with van der Waals surface area (Å²) >= 11 is 0. The topological polar surface area (TPSA) is 45.6 Å². The first kappa shape index (κ1) is 16.2. The van der Waals surface area contributed by atoms with Gasteiger partial charge < -0.3 is 9.84 Å². The molecule has 0 saturated carbocycles. The van der Waals surface area contributed by atoms with Gasteiger partial charge in [-0.15, -0.1) is 0 Å². The molecule has 0 spiro atoms. The summed E-state index contributed by atoms with van der Waals surface area (Å²) in [4.78, 5) is 6.91. The molecule has 0 amide bonds. The van der Waals surface area contributed by atoms with Crippen LogP contribution in [-0.2, 0) is 6.54 Å². The fraction of sp³-hybridized carbons (Fsp3) is 0.706. The number of aryl methyl sites for hydroxylation is 2. The van der Waals surface area contributed by atoms with Crippen LogP contribution in [0.4, 0.5) is 0 Å². The van der Waals surface area contributed by atoms with Gasteiger partial charge in [-0.2, -0.15) is 0 Å². The molecule has 1 aromatic heterocycles. The minimum Gasteiger partial charge on any atom is -0.481 e. The summed E-state index contributed by atoms with van der Waals surface area (Å²) in [7, 11) is 1.68. The maximum atomic E-state index is 10.0. The van der Waals surface area contributed by atoms with Gasteiger partial charge in [-0.3, -0.25) is 4.90 Å². The molecule has 1 N–H and O–H groups in total. The summed E-state index contributed by atoms with van der Waals surface area (Å²) in [6.45, 7) is 11.3. The smallest absolute Gasteiger partial charge is 0.218 e. The molecule has 1 atom stereocenters. The molecule has 4 heteroatoms. The Hall–Kier alpha value is -1.13. The average molecular weight is 292 g/mol. The maximum Gasteiger partial charge on any atom is 0.218 e. The van der Waals surface area contributed by atoms with E-state index in [2.05, 4.69) is 36.7 Å². The molecule has 0 aromatic carbocycles. The van der Waals surface area contributed by atoms with Crippen LogP contribution in [0.5, 0.6) is 5.88 Å². The van der Waals surface area contributed by atoms with E-state index < -0.39 is 0 Å². The lowest BCUT2D eigenvalue weighted by Crippen LogP contribution is -2.32. The number of aromatic nitrogens is 1. The molecule has 1 unspecified atom stereocenters. The van der Waals surface area contributed by atoms with Crippen LogP contribution in [0.2, 0.25) is 0 Å². The first-order chi connectivity index (χ1) is 9.80. The van der Waals surface area contributed by atoms with Crippen molar-refractivity contribution in [1.29, 1.82) is 0 Å². The summed E-state index contributed by atoms with van der Waals surface area (Å²) in [5.74, 6) is 0.732. The Morgan fingerprint density at radius 3 is 2.81 bits per heavy atom. The van der Waals surface area contributed by atoms with E-state index in [9.17, 15) is 5.11 Å². The van der Waals surface area contributed by atoms with Crippen molar-refractivity contribution >= 4 is 0 Å². The molecule has 1 aromatic rings. The molecule has 2 heterocycles. The van der Waals surface area contributed by atoms with E-state index >= 15 is 0 Å². The molecule has 0 radical (unpaired) electrons. The lowest BCUT2D eigenvalue weighted by atomic mass is 9.87. The number of methoxy groups -OCH3 is 1. The second kappa shape index (κ2) is 6.32. The van der Waals surface area contributed by atoms with Crippen LogP contribution in [-0.4, -0.2) is 41.3 Å². The van der Waals surface area contributed by atoms with E-state index in [0.717, 1.165) is 49.6 Å². The summed E-state index contributed by atoms with van der Waals surface area (Å²) in [6, 6.07) is 2.11. The molecule has 1 fully saturated rings. The summed E-state index contributed by atoms with van der Waals surface area (Å²) in [5.41, 5.74) is 3.51. The molecule has 1 aliphatic rings. The van der Waals surface area contributed by atoms with Gasteiger partial charge in [0.25, 0.3) is 0 Å². The molecular formula is C17H28N2O2. The molecule has 1 aliphatic heterocycles. The second-order valence-electron chi connectivity index (χ2n) is 7.09. The number of nitrogens with zero attached hydrogens (tertiary/aromatic N) is 2. The van der Waals surface area contributed by atoms with Crippen LogP contribution < -0.4 is 4.74 Å². The molecular weight excluding hydrogens is 264 g/mol. The van der Waals surface area contributed by atoms with Gasteiger partial charge in [-0.05, 0) is 43.7 Å². The highest BCUT2D eigenvalue weighted by Crippen LogP contribution is 2.30. The highest BCUT2D eigenvalue weighted by Gasteiger charge is 2.29. The zero-order chi connectivity index (χ0) is 15.6. The summed E-state index contributed by atoms with van der Waals surface area (Å²) < 4.78 is 5.47. The minimum atomic E-state index is -0.191. The number of aliphatic hydroxyl groups is 1. The predicted octanol–water partition coefficient (Wildman–Crippen LogP) is 2.69. The Labute approximate surface area is 128 Å². The third-order valence-corrected chi connectivity index (χ3v) is 4.23. The molecule has 0 aliphatic carbocycles. The maximum absolute atomic E-state index is 10.0. The zero-order valence-electron chi connectivity index (χ0n) is 13.9. The van der Waals surface area contributed by atoms with Gasteiger partial charge in [-0.25, -0.2) is 4.98 Å². The van der Waals surface area contributed by atoms with E-state index in [4.69, 9.17) is 4.74 Å². The first-order valence-corrected chi connectivity index (χ1v) is 7.72. The SMILES string of the molecule is COc1nc(C)cc(C)c1CN1CCC(O)CC(C)(C)C1.